The van der Waals surface area contributed by atoms with Crippen LogP contribution in [0.2, 0.25) is 5.15 Å². The van der Waals surface area contributed by atoms with Crippen LogP contribution in [0.25, 0.3) is 0 Å². The summed E-state index contributed by atoms with van der Waals surface area (Å²) in [5, 5.41) is 17.4. The Hall–Kier alpha value is -1.80. The van der Waals surface area contributed by atoms with Crippen molar-refractivity contribution < 1.29 is 9.90 Å². The second-order valence-electron chi connectivity index (χ2n) is 3.17. The zero-order valence-corrected chi connectivity index (χ0v) is 9.40. The number of pyridine rings is 1. The molecule has 16 heavy (non-hydrogen) atoms. The number of nitrogens with zero attached hydrogens (tertiary/aromatic N) is 3. The molecule has 0 fully saturated rings. The normalized spacial score (nSPS) is 9.56. The summed E-state index contributed by atoms with van der Waals surface area (Å²) in [4.78, 5) is 16.5. The minimum absolute atomic E-state index is 0.0822. The molecule has 0 aliphatic rings. The number of halogens is 1. The number of nitriles is 1. The van der Waals surface area contributed by atoms with Crippen LogP contribution >= 0.6 is 11.6 Å². The van der Waals surface area contributed by atoms with Crippen LogP contribution in [0.5, 0.6) is 0 Å². The van der Waals surface area contributed by atoms with Crippen molar-refractivity contribution in [2.24, 2.45) is 0 Å². The van der Waals surface area contributed by atoms with Crippen LogP contribution in [0.15, 0.2) is 12.1 Å². The predicted molar refractivity (Wildman–Crippen MR) is 59.7 cm³/mol. The molecule has 6 heteroatoms. The number of hydrogen-bond donors (Lipinski definition) is 1. The van der Waals surface area contributed by atoms with E-state index >= 15 is 0 Å². The lowest BCUT2D eigenvalue weighted by Gasteiger charge is -2.16. The summed E-state index contributed by atoms with van der Waals surface area (Å²) >= 11 is 5.71. The van der Waals surface area contributed by atoms with Crippen molar-refractivity contribution >= 4 is 23.4 Å². The van der Waals surface area contributed by atoms with E-state index in [0.717, 1.165) is 0 Å². The molecular formula is C10H10ClN3O2. The SMILES string of the molecule is CN(CCC#N)c1cc(C(=O)O)cc(Cl)n1. The Labute approximate surface area is 97.9 Å². The molecular weight excluding hydrogens is 230 g/mol. The molecule has 5 nitrogen and oxygen atoms in total. The van der Waals surface area contributed by atoms with Gasteiger partial charge in [0.15, 0.2) is 0 Å². The fourth-order valence-electron chi connectivity index (χ4n) is 1.13. The fraction of sp³-hybridized carbons (Fsp3) is 0.300. The minimum atomic E-state index is -1.06. The molecule has 0 radical (unpaired) electrons. The zero-order valence-electron chi connectivity index (χ0n) is 8.64. The predicted octanol–water partition coefficient (Wildman–Crippen LogP) is 1.78. The maximum atomic E-state index is 10.8. The van der Waals surface area contributed by atoms with Gasteiger partial charge in [0.05, 0.1) is 18.1 Å². The van der Waals surface area contributed by atoms with Crippen LogP contribution in [-0.2, 0) is 0 Å². The van der Waals surface area contributed by atoms with Crippen LogP contribution in [0.3, 0.4) is 0 Å². The van der Waals surface area contributed by atoms with Crippen molar-refractivity contribution in [2.45, 2.75) is 6.42 Å². The molecule has 0 bridgehead atoms. The first-order valence-electron chi connectivity index (χ1n) is 4.53. The summed E-state index contributed by atoms with van der Waals surface area (Å²) in [6, 6.07) is 4.71. The topological polar surface area (TPSA) is 77.2 Å². The lowest BCUT2D eigenvalue weighted by Crippen LogP contribution is -2.19. The lowest BCUT2D eigenvalue weighted by molar-refractivity contribution is 0.0697. The fourth-order valence-corrected chi connectivity index (χ4v) is 1.34. The van der Waals surface area contributed by atoms with Gasteiger partial charge in [-0.1, -0.05) is 11.6 Å². The lowest BCUT2D eigenvalue weighted by atomic mass is 10.2. The Balaban J connectivity index is 2.96. The summed E-state index contributed by atoms with van der Waals surface area (Å²) in [5.41, 5.74) is 0.0822. The van der Waals surface area contributed by atoms with Gasteiger partial charge in [-0.2, -0.15) is 5.26 Å². The maximum Gasteiger partial charge on any atom is 0.335 e. The van der Waals surface area contributed by atoms with E-state index in [1.54, 1.807) is 11.9 Å². The molecule has 1 aromatic rings. The van der Waals surface area contributed by atoms with Gasteiger partial charge >= 0.3 is 5.97 Å². The molecule has 1 N–H and O–H groups in total. The first kappa shape index (κ1) is 12.3. The molecule has 0 aromatic carbocycles. The number of carboxylic acid groups (broad SMARTS) is 1. The van der Waals surface area contributed by atoms with E-state index in [2.05, 4.69) is 4.98 Å². The van der Waals surface area contributed by atoms with E-state index in [9.17, 15) is 4.79 Å². The molecule has 1 aromatic heterocycles. The largest absolute Gasteiger partial charge is 0.478 e. The molecule has 0 saturated carbocycles. The van der Waals surface area contributed by atoms with Crippen molar-refractivity contribution in [3.05, 3.63) is 22.8 Å². The molecule has 1 rings (SSSR count). The Morgan fingerprint density at radius 3 is 2.94 bits per heavy atom. The third kappa shape index (κ3) is 3.11. The van der Waals surface area contributed by atoms with Crippen LogP contribution in [0.1, 0.15) is 16.8 Å². The second-order valence-corrected chi connectivity index (χ2v) is 3.56. The van der Waals surface area contributed by atoms with Crippen molar-refractivity contribution in [1.29, 1.82) is 5.26 Å². The van der Waals surface area contributed by atoms with Gasteiger partial charge in [-0.05, 0) is 12.1 Å². The van der Waals surface area contributed by atoms with Gasteiger partial charge in [-0.25, -0.2) is 9.78 Å². The van der Waals surface area contributed by atoms with Crippen LogP contribution in [0.4, 0.5) is 5.82 Å². The Bertz CT molecular complexity index is 442. The number of carboxylic acids is 1. The van der Waals surface area contributed by atoms with E-state index in [0.29, 0.717) is 18.8 Å². The molecule has 0 aliphatic carbocycles. The van der Waals surface area contributed by atoms with E-state index in [1.807, 2.05) is 6.07 Å². The number of hydrogen-bond acceptors (Lipinski definition) is 4. The highest BCUT2D eigenvalue weighted by Crippen LogP contribution is 2.17. The van der Waals surface area contributed by atoms with Crippen LogP contribution < -0.4 is 4.90 Å². The van der Waals surface area contributed by atoms with E-state index in [1.165, 1.54) is 12.1 Å². The number of carbonyl (C=O) groups is 1. The summed E-state index contributed by atoms with van der Waals surface area (Å²) in [6.07, 6.45) is 0.340. The first-order valence-corrected chi connectivity index (χ1v) is 4.91. The summed E-state index contributed by atoms with van der Waals surface area (Å²) < 4.78 is 0. The number of anilines is 1. The average molecular weight is 240 g/mol. The van der Waals surface area contributed by atoms with Gasteiger partial charge < -0.3 is 10.0 Å². The second kappa shape index (κ2) is 5.33. The smallest absolute Gasteiger partial charge is 0.335 e. The van der Waals surface area contributed by atoms with E-state index in [-0.39, 0.29) is 10.7 Å². The van der Waals surface area contributed by atoms with Crippen LogP contribution in [0, 0.1) is 11.3 Å². The van der Waals surface area contributed by atoms with Crippen molar-refractivity contribution in [1.82, 2.24) is 4.98 Å². The van der Waals surface area contributed by atoms with Gasteiger partial charge in [0.2, 0.25) is 0 Å². The molecule has 0 spiro atoms. The van der Waals surface area contributed by atoms with E-state index in [4.69, 9.17) is 22.0 Å². The van der Waals surface area contributed by atoms with Gasteiger partial charge in [-0.3, -0.25) is 0 Å². The summed E-state index contributed by atoms with van der Waals surface area (Å²) in [6.45, 7) is 0.475. The molecule has 0 saturated heterocycles. The Kier molecular flexibility index (Phi) is 4.09. The van der Waals surface area contributed by atoms with Crippen molar-refractivity contribution in [2.75, 3.05) is 18.5 Å². The highest BCUT2D eigenvalue weighted by Gasteiger charge is 2.10. The van der Waals surface area contributed by atoms with E-state index < -0.39 is 5.97 Å². The Morgan fingerprint density at radius 2 is 2.38 bits per heavy atom. The quantitative estimate of drug-likeness (QED) is 0.811. The first-order chi connectivity index (χ1) is 7.54. The third-order valence-corrected chi connectivity index (χ3v) is 2.17. The van der Waals surface area contributed by atoms with Gasteiger partial charge in [0.25, 0.3) is 0 Å². The molecule has 84 valence electrons. The summed E-state index contributed by atoms with van der Waals surface area (Å²) in [7, 11) is 1.72. The number of aromatic carboxylic acids is 1. The maximum absolute atomic E-state index is 10.8. The molecule has 0 amide bonds. The number of aromatic nitrogens is 1. The highest BCUT2D eigenvalue weighted by molar-refractivity contribution is 6.29. The monoisotopic (exact) mass is 239 g/mol. The highest BCUT2D eigenvalue weighted by atomic mass is 35.5. The molecule has 0 unspecified atom stereocenters. The van der Waals surface area contributed by atoms with Crippen molar-refractivity contribution in [3.63, 3.8) is 0 Å². The standard InChI is InChI=1S/C10H10ClN3O2/c1-14(4-2-3-12)9-6-7(10(15)16)5-8(11)13-9/h5-6H,2,4H2,1H3,(H,15,16). The van der Waals surface area contributed by atoms with Gasteiger partial charge in [-0.15, -0.1) is 0 Å². The molecule has 0 atom stereocenters. The average Bonchev–Trinajstić information content (AvgIpc) is 2.24. The minimum Gasteiger partial charge on any atom is -0.478 e. The van der Waals surface area contributed by atoms with Crippen molar-refractivity contribution in [3.8, 4) is 6.07 Å². The Morgan fingerprint density at radius 1 is 1.69 bits per heavy atom. The number of rotatable bonds is 4. The third-order valence-electron chi connectivity index (χ3n) is 1.98. The summed E-state index contributed by atoms with van der Waals surface area (Å²) in [5.74, 6) is -0.612. The van der Waals surface area contributed by atoms with Gasteiger partial charge in [0.1, 0.15) is 11.0 Å². The van der Waals surface area contributed by atoms with Gasteiger partial charge in [0, 0.05) is 13.6 Å². The molecule has 0 aliphatic heterocycles. The van der Waals surface area contributed by atoms with Crippen LogP contribution in [-0.4, -0.2) is 29.7 Å². The zero-order chi connectivity index (χ0) is 12.1. The molecule has 1 heterocycles.